The van der Waals surface area contributed by atoms with Crippen molar-refractivity contribution in [1.82, 2.24) is 5.32 Å². The van der Waals surface area contributed by atoms with Crippen molar-refractivity contribution >= 4 is 5.91 Å². The van der Waals surface area contributed by atoms with Crippen molar-refractivity contribution in [1.29, 1.82) is 0 Å². The lowest BCUT2D eigenvalue weighted by Crippen LogP contribution is -2.32. The Balaban J connectivity index is 1.92. The number of hydrogen-bond acceptors (Lipinski definition) is 2. The molecular weight excluding hydrogens is 226 g/mol. The summed E-state index contributed by atoms with van der Waals surface area (Å²) >= 11 is 0. The van der Waals surface area contributed by atoms with Crippen LogP contribution in [0.2, 0.25) is 0 Å². The van der Waals surface area contributed by atoms with E-state index in [1.54, 1.807) is 0 Å². The third-order valence-corrected chi connectivity index (χ3v) is 3.46. The average molecular weight is 247 g/mol. The summed E-state index contributed by atoms with van der Waals surface area (Å²) in [4.78, 5) is 12.0. The van der Waals surface area contributed by atoms with Gasteiger partial charge in [0.1, 0.15) is 5.75 Å². The summed E-state index contributed by atoms with van der Waals surface area (Å²) in [5.74, 6) is 1.57. The van der Waals surface area contributed by atoms with Crippen molar-refractivity contribution in [3.8, 4) is 5.75 Å². The van der Waals surface area contributed by atoms with Crippen LogP contribution in [0.5, 0.6) is 5.75 Å². The highest BCUT2D eigenvalue weighted by Crippen LogP contribution is 2.24. The Bertz CT molecular complexity index is 399. The predicted octanol–water partition coefficient (Wildman–Crippen LogP) is 3.00. The molecule has 2 unspecified atom stereocenters. The first-order valence-corrected chi connectivity index (χ1v) is 6.72. The Kier molecular flexibility index (Phi) is 4.24. The number of rotatable bonds is 4. The van der Waals surface area contributed by atoms with Crippen LogP contribution >= 0.6 is 0 Å². The zero-order chi connectivity index (χ0) is 13.0. The van der Waals surface area contributed by atoms with Crippen molar-refractivity contribution in [3.63, 3.8) is 0 Å². The Morgan fingerprint density at radius 3 is 2.61 bits per heavy atom. The molecule has 0 heterocycles. The minimum Gasteiger partial charge on any atom is -0.494 e. The third kappa shape index (κ3) is 3.25. The molecule has 3 heteroatoms. The number of nitrogens with one attached hydrogen (secondary N) is 1. The van der Waals surface area contributed by atoms with Gasteiger partial charge in [-0.15, -0.1) is 0 Å². The number of amides is 1. The van der Waals surface area contributed by atoms with Gasteiger partial charge in [-0.1, -0.05) is 6.92 Å². The molecule has 1 aliphatic carbocycles. The summed E-state index contributed by atoms with van der Waals surface area (Å²) in [7, 11) is 0. The van der Waals surface area contributed by atoms with Gasteiger partial charge in [0, 0.05) is 11.6 Å². The first-order chi connectivity index (χ1) is 8.69. The second kappa shape index (κ2) is 5.89. The molecule has 0 bridgehead atoms. The maximum atomic E-state index is 12.0. The Morgan fingerprint density at radius 1 is 1.33 bits per heavy atom. The van der Waals surface area contributed by atoms with E-state index in [9.17, 15) is 4.79 Å². The van der Waals surface area contributed by atoms with Crippen LogP contribution in [0.15, 0.2) is 24.3 Å². The van der Waals surface area contributed by atoms with Gasteiger partial charge in [-0.05, 0) is 56.4 Å². The molecule has 18 heavy (non-hydrogen) atoms. The van der Waals surface area contributed by atoms with Crippen molar-refractivity contribution in [2.75, 3.05) is 6.61 Å². The van der Waals surface area contributed by atoms with Crippen LogP contribution in [-0.4, -0.2) is 18.6 Å². The Morgan fingerprint density at radius 2 is 2.06 bits per heavy atom. The van der Waals surface area contributed by atoms with E-state index in [0.717, 1.165) is 24.5 Å². The van der Waals surface area contributed by atoms with Crippen LogP contribution in [0, 0.1) is 5.92 Å². The van der Waals surface area contributed by atoms with Crippen LogP contribution in [0.4, 0.5) is 0 Å². The van der Waals surface area contributed by atoms with E-state index in [-0.39, 0.29) is 5.91 Å². The molecule has 3 nitrogen and oxygen atoms in total. The SMILES string of the molecule is CCOc1ccc(C(=O)NC2CCC(C)C2)cc1. The topological polar surface area (TPSA) is 38.3 Å². The first-order valence-electron chi connectivity index (χ1n) is 6.72. The fraction of sp³-hybridized carbons (Fsp3) is 0.533. The van der Waals surface area contributed by atoms with Crippen molar-refractivity contribution in [3.05, 3.63) is 29.8 Å². The van der Waals surface area contributed by atoms with Gasteiger partial charge in [-0.25, -0.2) is 0 Å². The van der Waals surface area contributed by atoms with Gasteiger partial charge in [0.15, 0.2) is 0 Å². The summed E-state index contributed by atoms with van der Waals surface area (Å²) in [5, 5.41) is 3.10. The van der Waals surface area contributed by atoms with E-state index in [1.807, 2.05) is 31.2 Å². The molecule has 0 radical (unpaired) electrons. The normalized spacial score (nSPS) is 22.8. The minimum atomic E-state index is 0.0251. The molecule has 0 spiro atoms. The largest absolute Gasteiger partial charge is 0.494 e. The monoisotopic (exact) mass is 247 g/mol. The molecule has 1 amide bonds. The third-order valence-electron chi connectivity index (χ3n) is 3.46. The first kappa shape index (κ1) is 12.9. The smallest absolute Gasteiger partial charge is 0.251 e. The van der Waals surface area contributed by atoms with Crippen LogP contribution in [0.3, 0.4) is 0 Å². The molecule has 1 aromatic rings. The number of ether oxygens (including phenoxy) is 1. The van der Waals surface area contributed by atoms with Crippen molar-refractivity contribution < 1.29 is 9.53 Å². The van der Waals surface area contributed by atoms with Gasteiger partial charge < -0.3 is 10.1 Å². The van der Waals surface area contributed by atoms with E-state index in [2.05, 4.69) is 12.2 Å². The Hall–Kier alpha value is -1.51. The van der Waals surface area contributed by atoms with E-state index in [0.29, 0.717) is 18.2 Å². The fourth-order valence-electron chi connectivity index (χ4n) is 2.48. The van der Waals surface area contributed by atoms with Crippen molar-refractivity contribution in [2.24, 2.45) is 5.92 Å². The van der Waals surface area contributed by atoms with Crippen LogP contribution in [0.1, 0.15) is 43.5 Å². The molecule has 98 valence electrons. The van der Waals surface area contributed by atoms with E-state index in [1.165, 1.54) is 6.42 Å². The lowest BCUT2D eigenvalue weighted by Gasteiger charge is -2.12. The lowest BCUT2D eigenvalue weighted by atomic mass is 10.1. The van der Waals surface area contributed by atoms with E-state index < -0.39 is 0 Å². The summed E-state index contributed by atoms with van der Waals surface area (Å²) in [5.41, 5.74) is 0.706. The number of carbonyl (C=O) groups excluding carboxylic acids is 1. The molecule has 0 aromatic heterocycles. The summed E-state index contributed by atoms with van der Waals surface area (Å²) < 4.78 is 5.36. The highest BCUT2D eigenvalue weighted by Gasteiger charge is 2.22. The van der Waals surface area contributed by atoms with Gasteiger partial charge in [0.25, 0.3) is 5.91 Å². The lowest BCUT2D eigenvalue weighted by molar-refractivity contribution is 0.0937. The molecular formula is C15H21NO2. The maximum absolute atomic E-state index is 12.0. The molecule has 1 aliphatic rings. The second-order valence-corrected chi connectivity index (χ2v) is 5.05. The van der Waals surface area contributed by atoms with Crippen LogP contribution < -0.4 is 10.1 Å². The molecule has 1 aromatic carbocycles. The van der Waals surface area contributed by atoms with Gasteiger partial charge in [0.2, 0.25) is 0 Å². The molecule has 1 N–H and O–H groups in total. The minimum absolute atomic E-state index is 0.0251. The molecule has 1 fully saturated rings. The molecule has 2 atom stereocenters. The molecule has 0 saturated heterocycles. The number of carbonyl (C=O) groups is 1. The summed E-state index contributed by atoms with van der Waals surface area (Å²) in [6.45, 7) is 4.83. The highest BCUT2D eigenvalue weighted by atomic mass is 16.5. The standard InChI is InChI=1S/C15H21NO2/c1-3-18-14-8-5-12(6-9-14)15(17)16-13-7-4-11(2)10-13/h5-6,8-9,11,13H,3-4,7,10H2,1-2H3,(H,16,17). The van der Waals surface area contributed by atoms with Gasteiger partial charge in [0.05, 0.1) is 6.61 Å². The maximum Gasteiger partial charge on any atom is 0.251 e. The number of benzene rings is 1. The van der Waals surface area contributed by atoms with E-state index >= 15 is 0 Å². The molecule has 1 saturated carbocycles. The van der Waals surface area contributed by atoms with Gasteiger partial charge >= 0.3 is 0 Å². The molecule has 2 rings (SSSR count). The quantitative estimate of drug-likeness (QED) is 0.888. The Labute approximate surface area is 109 Å². The van der Waals surface area contributed by atoms with Crippen LogP contribution in [-0.2, 0) is 0 Å². The van der Waals surface area contributed by atoms with Gasteiger partial charge in [-0.3, -0.25) is 4.79 Å². The van der Waals surface area contributed by atoms with Crippen LogP contribution in [0.25, 0.3) is 0 Å². The van der Waals surface area contributed by atoms with E-state index in [4.69, 9.17) is 4.74 Å². The highest BCUT2D eigenvalue weighted by molar-refractivity contribution is 5.94. The average Bonchev–Trinajstić information content (AvgIpc) is 2.76. The fourth-order valence-corrected chi connectivity index (χ4v) is 2.48. The predicted molar refractivity (Wildman–Crippen MR) is 71.9 cm³/mol. The second-order valence-electron chi connectivity index (χ2n) is 5.05. The zero-order valence-electron chi connectivity index (χ0n) is 11.1. The molecule has 0 aliphatic heterocycles. The summed E-state index contributed by atoms with van der Waals surface area (Å²) in [6, 6.07) is 7.67. The van der Waals surface area contributed by atoms with Gasteiger partial charge in [-0.2, -0.15) is 0 Å². The zero-order valence-corrected chi connectivity index (χ0v) is 11.1. The van der Waals surface area contributed by atoms with Crippen molar-refractivity contribution in [2.45, 2.75) is 39.2 Å². The number of hydrogen-bond donors (Lipinski definition) is 1. The summed E-state index contributed by atoms with van der Waals surface area (Å²) in [6.07, 6.45) is 3.42.